The maximum Gasteiger partial charge on any atom is 0.220 e. The Labute approximate surface area is 171 Å². The Kier molecular flexibility index (Phi) is 7.57. The summed E-state index contributed by atoms with van der Waals surface area (Å²) in [6, 6.07) is 15.5. The minimum atomic E-state index is 0.0900. The zero-order chi connectivity index (χ0) is 19.8. The molecular weight excluding hydrogens is 368 g/mol. The standard InChI is InChI=1S/C23H28N2O2S/c1-17(28-21-9-7-20(26)8-10-21)6-11-23(27)25-16-19-4-2-3-5-22(19)18-12-14-24-15-13-18/h2-5,7-10,12,17,24,26H,6,11,13-16H2,1H3,(H,25,27). The van der Waals surface area contributed by atoms with E-state index in [0.29, 0.717) is 18.2 Å². The van der Waals surface area contributed by atoms with Crippen molar-refractivity contribution in [3.05, 3.63) is 65.7 Å². The fraction of sp³-hybridized carbons (Fsp3) is 0.348. The number of nitrogens with one attached hydrogen (secondary N) is 2. The van der Waals surface area contributed by atoms with Gasteiger partial charge in [0.2, 0.25) is 5.91 Å². The van der Waals surface area contributed by atoms with Crippen molar-refractivity contribution in [1.82, 2.24) is 10.6 Å². The molecule has 4 nitrogen and oxygen atoms in total. The SMILES string of the molecule is CC(CCC(=O)NCc1ccccc1C1=CCNCC1)Sc1ccc(O)cc1. The molecule has 0 spiro atoms. The Hall–Kier alpha value is -2.24. The van der Waals surface area contributed by atoms with E-state index in [1.165, 1.54) is 16.7 Å². The van der Waals surface area contributed by atoms with E-state index in [4.69, 9.17) is 0 Å². The first-order valence-electron chi connectivity index (χ1n) is 9.82. The largest absolute Gasteiger partial charge is 0.508 e. The van der Waals surface area contributed by atoms with Gasteiger partial charge < -0.3 is 15.7 Å². The van der Waals surface area contributed by atoms with Crippen LogP contribution in [0.1, 0.15) is 37.3 Å². The summed E-state index contributed by atoms with van der Waals surface area (Å²) >= 11 is 1.73. The van der Waals surface area contributed by atoms with Crippen LogP contribution in [0.4, 0.5) is 0 Å². The van der Waals surface area contributed by atoms with Gasteiger partial charge in [-0.2, -0.15) is 0 Å². The highest BCUT2D eigenvalue weighted by atomic mass is 32.2. The number of amides is 1. The number of thioether (sulfide) groups is 1. The maximum atomic E-state index is 12.3. The molecule has 1 aliphatic heterocycles. The minimum absolute atomic E-state index is 0.0900. The van der Waals surface area contributed by atoms with Gasteiger partial charge in [-0.3, -0.25) is 4.79 Å². The molecule has 3 N–H and O–H groups in total. The third-order valence-corrected chi connectivity index (χ3v) is 6.04. The van der Waals surface area contributed by atoms with E-state index in [-0.39, 0.29) is 11.7 Å². The predicted molar refractivity (Wildman–Crippen MR) is 116 cm³/mol. The smallest absolute Gasteiger partial charge is 0.220 e. The van der Waals surface area contributed by atoms with E-state index in [1.807, 2.05) is 18.2 Å². The van der Waals surface area contributed by atoms with Gasteiger partial charge in [-0.05, 0) is 60.4 Å². The number of carbonyl (C=O) groups is 1. The van der Waals surface area contributed by atoms with E-state index in [2.05, 4.69) is 41.8 Å². The van der Waals surface area contributed by atoms with Crippen LogP contribution in [-0.4, -0.2) is 29.4 Å². The molecule has 0 saturated heterocycles. The summed E-state index contributed by atoms with van der Waals surface area (Å²) in [6.07, 6.45) is 4.60. The van der Waals surface area contributed by atoms with Gasteiger partial charge in [0, 0.05) is 29.7 Å². The van der Waals surface area contributed by atoms with Gasteiger partial charge in [0.25, 0.3) is 0 Å². The van der Waals surface area contributed by atoms with Crippen LogP contribution in [0.5, 0.6) is 5.75 Å². The molecule has 0 aliphatic carbocycles. The Morgan fingerprint density at radius 2 is 2.00 bits per heavy atom. The van der Waals surface area contributed by atoms with Gasteiger partial charge in [-0.1, -0.05) is 37.3 Å². The van der Waals surface area contributed by atoms with Crippen molar-refractivity contribution in [2.45, 2.75) is 42.9 Å². The first kappa shape index (κ1) is 20.5. The molecule has 5 heteroatoms. The Morgan fingerprint density at radius 3 is 2.75 bits per heavy atom. The molecule has 1 unspecified atom stereocenters. The van der Waals surface area contributed by atoms with Crippen LogP contribution in [0.15, 0.2) is 59.5 Å². The number of phenolic OH excluding ortho intramolecular Hbond substituents is 1. The first-order chi connectivity index (χ1) is 13.6. The maximum absolute atomic E-state index is 12.3. The van der Waals surface area contributed by atoms with E-state index < -0.39 is 0 Å². The molecule has 2 aromatic carbocycles. The van der Waals surface area contributed by atoms with Crippen LogP contribution < -0.4 is 10.6 Å². The molecule has 3 rings (SSSR count). The summed E-state index contributed by atoms with van der Waals surface area (Å²) < 4.78 is 0. The van der Waals surface area contributed by atoms with Crippen LogP contribution in [-0.2, 0) is 11.3 Å². The molecule has 1 atom stereocenters. The summed E-state index contributed by atoms with van der Waals surface area (Å²) in [6.45, 7) is 4.61. The zero-order valence-electron chi connectivity index (χ0n) is 16.3. The number of carbonyl (C=O) groups excluding carboxylic acids is 1. The van der Waals surface area contributed by atoms with Crippen molar-refractivity contribution in [2.75, 3.05) is 13.1 Å². The molecular formula is C23H28N2O2S. The fourth-order valence-electron chi connectivity index (χ4n) is 3.29. The zero-order valence-corrected chi connectivity index (χ0v) is 17.1. The second kappa shape index (κ2) is 10.3. The molecule has 0 aromatic heterocycles. The number of rotatable bonds is 8. The van der Waals surface area contributed by atoms with Crippen LogP contribution in [0.25, 0.3) is 5.57 Å². The fourth-order valence-corrected chi connectivity index (χ4v) is 4.28. The van der Waals surface area contributed by atoms with Gasteiger partial charge in [-0.25, -0.2) is 0 Å². The van der Waals surface area contributed by atoms with Gasteiger partial charge in [0.15, 0.2) is 0 Å². The van der Waals surface area contributed by atoms with Gasteiger partial charge in [0.05, 0.1) is 0 Å². The summed E-state index contributed by atoms with van der Waals surface area (Å²) in [5.41, 5.74) is 3.79. The average molecular weight is 397 g/mol. The van der Waals surface area contributed by atoms with Gasteiger partial charge >= 0.3 is 0 Å². The lowest BCUT2D eigenvalue weighted by Gasteiger charge is -2.18. The molecule has 148 valence electrons. The molecule has 0 radical (unpaired) electrons. The van der Waals surface area contributed by atoms with Crippen molar-refractivity contribution < 1.29 is 9.90 Å². The molecule has 0 fully saturated rings. The average Bonchev–Trinajstić information content (AvgIpc) is 2.73. The number of aromatic hydroxyl groups is 1. The van der Waals surface area contributed by atoms with Gasteiger partial charge in [0.1, 0.15) is 5.75 Å². The van der Waals surface area contributed by atoms with E-state index in [1.54, 1.807) is 23.9 Å². The van der Waals surface area contributed by atoms with Crippen molar-refractivity contribution in [1.29, 1.82) is 0 Å². The minimum Gasteiger partial charge on any atom is -0.508 e. The lowest BCUT2D eigenvalue weighted by molar-refractivity contribution is -0.121. The predicted octanol–water partition coefficient (Wildman–Crippen LogP) is 4.35. The molecule has 2 aromatic rings. The van der Waals surface area contributed by atoms with Crippen LogP contribution in [0.2, 0.25) is 0 Å². The van der Waals surface area contributed by atoms with Crippen LogP contribution in [0, 0.1) is 0 Å². The summed E-state index contributed by atoms with van der Waals surface area (Å²) in [4.78, 5) is 13.4. The second-order valence-electron chi connectivity index (χ2n) is 7.08. The van der Waals surface area contributed by atoms with E-state index in [0.717, 1.165) is 30.8 Å². The highest BCUT2D eigenvalue weighted by Gasteiger charge is 2.12. The Balaban J connectivity index is 1.47. The monoisotopic (exact) mass is 396 g/mol. The summed E-state index contributed by atoms with van der Waals surface area (Å²) in [5.74, 6) is 0.365. The molecule has 0 bridgehead atoms. The lowest BCUT2D eigenvalue weighted by atomic mass is 9.95. The van der Waals surface area contributed by atoms with Crippen molar-refractivity contribution in [3.8, 4) is 5.75 Å². The highest BCUT2D eigenvalue weighted by Crippen LogP contribution is 2.27. The second-order valence-corrected chi connectivity index (χ2v) is 8.59. The number of hydrogen-bond acceptors (Lipinski definition) is 4. The third kappa shape index (κ3) is 6.14. The first-order valence-corrected chi connectivity index (χ1v) is 10.7. The Morgan fingerprint density at radius 1 is 1.21 bits per heavy atom. The molecule has 1 amide bonds. The molecule has 1 heterocycles. The van der Waals surface area contributed by atoms with Crippen LogP contribution in [0.3, 0.4) is 0 Å². The summed E-state index contributed by atoms with van der Waals surface area (Å²) in [7, 11) is 0. The van der Waals surface area contributed by atoms with Crippen LogP contribution >= 0.6 is 11.8 Å². The quantitative estimate of drug-likeness (QED) is 0.581. The number of hydrogen-bond donors (Lipinski definition) is 3. The molecule has 28 heavy (non-hydrogen) atoms. The van der Waals surface area contributed by atoms with E-state index >= 15 is 0 Å². The van der Waals surface area contributed by atoms with Crippen molar-refractivity contribution in [3.63, 3.8) is 0 Å². The Bertz CT molecular complexity index is 818. The molecule has 1 aliphatic rings. The number of benzene rings is 2. The van der Waals surface area contributed by atoms with Crippen molar-refractivity contribution >= 4 is 23.2 Å². The normalized spacial score (nSPS) is 15.0. The highest BCUT2D eigenvalue weighted by molar-refractivity contribution is 7.99. The topological polar surface area (TPSA) is 61.4 Å². The van der Waals surface area contributed by atoms with Gasteiger partial charge in [-0.15, -0.1) is 11.8 Å². The summed E-state index contributed by atoms with van der Waals surface area (Å²) in [5, 5.41) is 16.1. The molecule has 0 saturated carbocycles. The third-order valence-electron chi connectivity index (χ3n) is 4.86. The lowest BCUT2D eigenvalue weighted by Crippen LogP contribution is -2.24. The van der Waals surface area contributed by atoms with E-state index in [9.17, 15) is 9.90 Å². The van der Waals surface area contributed by atoms with Crippen molar-refractivity contribution in [2.24, 2.45) is 0 Å². The number of phenols is 1.